The molecule has 0 saturated heterocycles. The maximum absolute atomic E-state index is 5.91. The summed E-state index contributed by atoms with van der Waals surface area (Å²) in [5.74, 6) is 0. The monoisotopic (exact) mass is 314 g/mol. The van der Waals surface area contributed by atoms with Gasteiger partial charge in [0.1, 0.15) is 0 Å². The van der Waals surface area contributed by atoms with Crippen LogP contribution in [0.3, 0.4) is 0 Å². The number of hydrogen-bond acceptors (Lipinski definition) is 2. The summed E-state index contributed by atoms with van der Waals surface area (Å²) < 4.78 is 0. The second kappa shape index (κ2) is 20.8. The molecule has 120 valence electrons. The fourth-order valence-corrected chi connectivity index (χ4v) is 2.25. The molecule has 0 aromatic heterocycles. The zero-order valence-electron chi connectivity index (χ0n) is 12.7. The lowest BCUT2D eigenvalue weighted by molar-refractivity contribution is 0.508. The van der Waals surface area contributed by atoms with Crippen molar-refractivity contribution >= 4 is 24.8 Å². The standard InChI is InChI=1S/C15H34N2.2ClH/c1-2-3-4-5-6-7-8-9-10-11-12-15(17)13-14-16;;/h15H,2-14,16-17H2,1H3;2*1H. The molecule has 4 heteroatoms. The summed E-state index contributed by atoms with van der Waals surface area (Å²) in [6.07, 6.45) is 16.1. The van der Waals surface area contributed by atoms with Gasteiger partial charge < -0.3 is 11.5 Å². The van der Waals surface area contributed by atoms with Crippen LogP contribution < -0.4 is 11.5 Å². The lowest BCUT2D eigenvalue weighted by atomic mass is 10.0. The van der Waals surface area contributed by atoms with Gasteiger partial charge in [-0.25, -0.2) is 0 Å². The fourth-order valence-electron chi connectivity index (χ4n) is 2.25. The number of hydrogen-bond donors (Lipinski definition) is 2. The summed E-state index contributed by atoms with van der Waals surface area (Å²) in [6.45, 7) is 3.01. The van der Waals surface area contributed by atoms with Gasteiger partial charge in [-0.2, -0.15) is 0 Å². The van der Waals surface area contributed by atoms with Crippen molar-refractivity contribution in [3.8, 4) is 0 Å². The molecule has 1 unspecified atom stereocenters. The van der Waals surface area contributed by atoms with Crippen molar-refractivity contribution in [1.82, 2.24) is 0 Å². The fraction of sp³-hybridized carbons (Fsp3) is 1.00. The van der Waals surface area contributed by atoms with Gasteiger partial charge in [0.05, 0.1) is 0 Å². The van der Waals surface area contributed by atoms with Crippen LogP contribution in [0.2, 0.25) is 0 Å². The van der Waals surface area contributed by atoms with Gasteiger partial charge in [-0.3, -0.25) is 0 Å². The van der Waals surface area contributed by atoms with Crippen LogP contribution in [0.4, 0.5) is 0 Å². The van der Waals surface area contributed by atoms with E-state index in [-0.39, 0.29) is 24.8 Å². The van der Waals surface area contributed by atoms with Crippen molar-refractivity contribution < 1.29 is 0 Å². The SMILES string of the molecule is CCCCCCCCCCCCC(N)CCN.Cl.Cl. The normalized spacial score (nSPS) is 11.5. The molecule has 0 amide bonds. The molecule has 0 aliphatic carbocycles. The van der Waals surface area contributed by atoms with Crippen LogP contribution in [0.15, 0.2) is 0 Å². The summed E-state index contributed by atoms with van der Waals surface area (Å²) in [7, 11) is 0. The van der Waals surface area contributed by atoms with Gasteiger partial charge in [0.25, 0.3) is 0 Å². The topological polar surface area (TPSA) is 52.0 Å². The molecule has 0 aromatic carbocycles. The maximum atomic E-state index is 5.91. The summed E-state index contributed by atoms with van der Waals surface area (Å²) in [5.41, 5.74) is 11.4. The van der Waals surface area contributed by atoms with E-state index in [9.17, 15) is 0 Å². The van der Waals surface area contributed by atoms with E-state index in [2.05, 4.69) is 6.92 Å². The van der Waals surface area contributed by atoms with E-state index in [0.717, 1.165) is 19.4 Å². The van der Waals surface area contributed by atoms with E-state index < -0.39 is 0 Å². The van der Waals surface area contributed by atoms with E-state index in [1.54, 1.807) is 0 Å². The molecule has 0 bridgehead atoms. The Bertz CT molecular complexity index is 146. The molecule has 0 aromatic rings. The number of unbranched alkanes of at least 4 members (excludes halogenated alkanes) is 9. The van der Waals surface area contributed by atoms with Gasteiger partial charge in [-0.15, -0.1) is 24.8 Å². The molecule has 0 saturated carbocycles. The average Bonchev–Trinajstić information content (AvgIpc) is 2.32. The lowest BCUT2D eigenvalue weighted by Gasteiger charge is -2.09. The summed E-state index contributed by atoms with van der Waals surface area (Å²) in [6, 6.07) is 0.342. The van der Waals surface area contributed by atoms with Gasteiger partial charge in [0.2, 0.25) is 0 Å². The minimum atomic E-state index is 0. The predicted octanol–water partition coefficient (Wildman–Crippen LogP) is 4.82. The molecule has 0 spiro atoms. The molecular formula is C15H36Cl2N2. The molecule has 4 N–H and O–H groups in total. The van der Waals surface area contributed by atoms with Crippen LogP contribution in [0.1, 0.15) is 84.0 Å². The molecular weight excluding hydrogens is 279 g/mol. The molecule has 0 radical (unpaired) electrons. The predicted molar refractivity (Wildman–Crippen MR) is 92.6 cm³/mol. The Hall–Kier alpha value is 0.500. The average molecular weight is 315 g/mol. The Kier molecular flexibility index (Phi) is 26.8. The Morgan fingerprint density at radius 1 is 0.684 bits per heavy atom. The van der Waals surface area contributed by atoms with Crippen LogP contribution in [-0.2, 0) is 0 Å². The highest BCUT2D eigenvalue weighted by Gasteiger charge is 2.00. The van der Waals surface area contributed by atoms with Crippen molar-refractivity contribution in [2.45, 2.75) is 90.0 Å². The van der Waals surface area contributed by atoms with E-state index in [1.165, 1.54) is 64.2 Å². The molecule has 0 heterocycles. The van der Waals surface area contributed by atoms with Crippen LogP contribution >= 0.6 is 24.8 Å². The quantitative estimate of drug-likeness (QED) is 0.479. The Morgan fingerprint density at radius 3 is 1.53 bits per heavy atom. The van der Waals surface area contributed by atoms with Crippen LogP contribution in [-0.4, -0.2) is 12.6 Å². The van der Waals surface area contributed by atoms with Crippen LogP contribution in [0.5, 0.6) is 0 Å². The molecule has 0 aliphatic heterocycles. The third kappa shape index (κ3) is 21.0. The zero-order valence-corrected chi connectivity index (χ0v) is 14.4. The second-order valence-electron chi connectivity index (χ2n) is 5.31. The van der Waals surface area contributed by atoms with Crippen LogP contribution in [0.25, 0.3) is 0 Å². The lowest BCUT2D eigenvalue weighted by Crippen LogP contribution is -2.23. The van der Waals surface area contributed by atoms with E-state index in [4.69, 9.17) is 11.5 Å². The number of halogens is 2. The van der Waals surface area contributed by atoms with Gasteiger partial charge in [0, 0.05) is 6.04 Å². The molecule has 2 nitrogen and oxygen atoms in total. The van der Waals surface area contributed by atoms with Crippen molar-refractivity contribution in [2.24, 2.45) is 11.5 Å². The number of nitrogens with two attached hydrogens (primary N) is 2. The first-order chi connectivity index (χ1) is 8.31. The summed E-state index contributed by atoms with van der Waals surface area (Å²) in [5, 5.41) is 0. The zero-order chi connectivity index (χ0) is 12.8. The van der Waals surface area contributed by atoms with Crippen LogP contribution in [0, 0.1) is 0 Å². The minimum Gasteiger partial charge on any atom is -0.330 e. The highest BCUT2D eigenvalue weighted by molar-refractivity contribution is 5.85. The minimum absolute atomic E-state index is 0. The Labute approximate surface area is 133 Å². The Morgan fingerprint density at radius 2 is 1.11 bits per heavy atom. The third-order valence-corrected chi connectivity index (χ3v) is 3.47. The van der Waals surface area contributed by atoms with Crippen molar-refractivity contribution in [3.05, 3.63) is 0 Å². The van der Waals surface area contributed by atoms with Crippen molar-refractivity contribution in [3.63, 3.8) is 0 Å². The van der Waals surface area contributed by atoms with Crippen molar-refractivity contribution in [2.75, 3.05) is 6.54 Å². The Balaban J connectivity index is -0.00000128. The molecule has 0 aliphatic rings. The first-order valence-corrected chi connectivity index (χ1v) is 7.77. The second-order valence-corrected chi connectivity index (χ2v) is 5.31. The smallest absolute Gasteiger partial charge is 0.00508 e. The van der Waals surface area contributed by atoms with Gasteiger partial charge in [-0.1, -0.05) is 71.1 Å². The largest absolute Gasteiger partial charge is 0.330 e. The van der Waals surface area contributed by atoms with Gasteiger partial charge in [0.15, 0.2) is 0 Å². The first kappa shape index (κ1) is 24.5. The van der Waals surface area contributed by atoms with E-state index in [0.29, 0.717) is 6.04 Å². The highest BCUT2D eigenvalue weighted by atomic mass is 35.5. The molecule has 0 rings (SSSR count). The first-order valence-electron chi connectivity index (χ1n) is 7.77. The van der Waals surface area contributed by atoms with E-state index >= 15 is 0 Å². The summed E-state index contributed by atoms with van der Waals surface area (Å²) in [4.78, 5) is 0. The highest BCUT2D eigenvalue weighted by Crippen LogP contribution is 2.11. The summed E-state index contributed by atoms with van der Waals surface area (Å²) >= 11 is 0. The van der Waals surface area contributed by atoms with Gasteiger partial charge in [-0.05, 0) is 19.4 Å². The van der Waals surface area contributed by atoms with Gasteiger partial charge >= 0.3 is 0 Å². The molecule has 1 atom stereocenters. The number of rotatable bonds is 13. The van der Waals surface area contributed by atoms with E-state index in [1.807, 2.05) is 0 Å². The third-order valence-electron chi connectivity index (χ3n) is 3.47. The molecule has 19 heavy (non-hydrogen) atoms. The maximum Gasteiger partial charge on any atom is 0.00508 e. The molecule has 0 fully saturated rings. The van der Waals surface area contributed by atoms with Crippen molar-refractivity contribution in [1.29, 1.82) is 0 Å².